The maximum atomic E-state index is 2.73. The lowest BCUT2D eigenvalue weighted by Crippen LogP contribution is -2.77. The third kappa shape index (κ3) is 2.07. The minimum absolute atomic E-state index is 0.610. The molecule has 2 fully saturated rings. The summed E-state index contributed by atoms with van der Waals surface area (Å²) in [5, 5.41) is 0. The van der Waals surface area contributed by atoms with Crippen LogP contribution in [0.4, 0.5) is 0 Å². The molecule has 0 atom stereocenters. The fourth-order valence-electron chi connectivity index (χ4n) is 2.78. The molecular weight excluding hydrogens is 184 g/mol. The lowest BCUT2D eigenvalue weighted by Gasteiger charge is -2.64. The van der Waals surface area contributed by atoms with Gasteiger partial charge in [-0.2, -0.15) is 0 Å². The van der Waals surface area contributed by atoms with E-state index in [1.165, 1.54) is 39.0 Å². The summed E-state index contributed by atoms with van der Waals surface area (Å²) < 4.78 is 0. The fourth-order valence-corrected chi connectivity index (χ4v) is 2.78. The molecule has 2 aliphatic heterocycles. The number of likely N-dealkylation sites (tertiary alicyclic amines) is 2. The van der Waals surface area contributed by atoms with Crippen LogP contribution in [0.15, 0.2) is 0 Å². The normalized spacial score (nSPS) is 26.0. The molecule has 2 heteroatoms. The zero-order valence-corrected chi connectivity index (χ0v) is 10.8. The molecule has 2 rings (SSSR count). The zero-order valence-electron chi connectivity index (χ0n) is 10.8. The lowest BCUT2D eigenvalue weighted by atomic mass is 9.76. The van der Waals surface area contributed by atoms with E-state index in [1.54, 1.807) is 0 Å². The van der Waals surface area contributed by atoms with Crippen molar-refractivity contribution in [3.05, 3.63) is 0 Å². The van der Waals surface area contributed by atoms with Gasteiger partial charge in [-0.15, -0.1) is 0 Å². The maximum absolute atomic E-state index is 2.73. The first-order valence-corrected chi connectivity index (χ1v) is 6.53. The molecule has 2 saturated heterocycles. The summed E-state index contributed by atoms with van der Waals surface area (Å²) in [5.74, 6) is 0.851. The van der Waals surface area contributed by atoms with E-state index in [4.69, 9.17) is 0 Å². The van der Waals surface area contributed by atoms with Crippen LogP contribution in [0.3, 0.4) is 0 Å². The Morgan fingerprint density at radius 1 is 1.13 bits per heavy atom. The highest BCUT2D eigenvalue weighted by Crippen LogP contribution is 2.40. The standard InChI is InChI=1S/C13H26N2/c1-11(2)5-7-15-8-6-13(15)9-14(10-13)12(3)4/h11-12H,5-10H2,1-4H3. The van der Waals surface area contributed by atoms with E-state index >= 15 is 0 Å². The number of nitrogens with zero attached hydrogens (tertiary/aromatic N) is 2. The highest BCUT2D eigenvalue weighted by molar-refractivity contribution is 5.11. The molecule has 0 aromatic carbocycles. The van der Waals surface area contributed by atoms with Crippen LogP contribution in [0.25, 0.3) is 0 Å². The predicted molar refractivity (Wildman–Crippen MR) is 65.1 cm³/mol. The molecule has 0 aromatic heterocycles. The van der Waals surface area contributed by atoms with Crippen molar-refractivity contribution < 1.29 is 0 Å². The summed E-state index contributed by atoms with van der Waals surface area (Å²) in [4.78, 5) is 5.33. The number of hydrogen-bond acceptors (Lipinski definition) is 2. The van der Waals surface area contributed by atoms with E-state index in [1.807, 2.05) is 0 Å². The van der Waals surface area contributed by atoms with E-state index in [0.717, 1.165) is 12.0 Å². The van der Waals surface area contributed by atoms with Crippen molar-refractivity contribution in [2.45, 2.75) is 52.1 Å². The Kier molecular flexibility index (Phi) is 3.09. The SMILES string of the molecule is CC(C)CCN1CCC12CN(C(C)C)C2. The van der Waals surface area contributed by atoms with Crippen LogP contribution in [-0.2, 0) is 0 Å². The Hall–Kier alpha value is -0.0800. The topological polar surface area (TPSA) is 6.48 Å². The van der Waals surface area contributed by atoms with Crippen molar-refractivity contribution in [2.75, 3.05) is 26.2 Å². The van der Waals surface area contributed by atoms with Crippen molar-refractivity contribution in [3.63, 3.8) is 0 Å². The van der Waals surface area contributed by atoms with Crippen LogP contribution < -0.4 is 0 Å². The van der Waals surface area contributed by atoms with Gasteiger partial charge in [0.2, 0.25) is 0 Å². The Labute approximate surface area is 94.6 Å². The molecule has 0 radical (unpaired) electrons. The van der Waals surface area contributed by atoms with Crippen molar-refractivity contribution in [1.82, 2.24) is 9.80 Å². The van der Waals surface area contributed by atoms with Gasteiger partial charge in [-0.1, -0.05) is 13.8 Å². The Balaban J connectivity index is 1.76. The summed E-state index contributed by atoms with van der Waals surface area (Å²) in [5.41, 5.74) is 0.610. The third-order valence-corrected chi connectivity index (χ3v) is 4.22. The lowest BCUT2D eigenvalue weighted by molar-refractivity contribution is -0.133. The van der Waals surface area contributed by atoms with Crippen LogP contribution in [0.5, 0.6) is 0 Å². The Morgan fingerprint density at radius 3 is 2.20 bits per heavy atom. The van der Waals surface area contributed by atoms with Crippen molar-refractivity contribution in [3.8, 4) is 0 Å². The van der Waals surface area contributed by atoms with Crippen LogP contribution in [0, 0.1) is 5.92 Å². The van der Waals surface area contributed by atoms with Crippen molar-refractivity contribution in [1.29, 1.82) is 0 Å². The fraction of sp³-hybridized carbons (Fsp3) is 1.00. The van der Waals surface area contributed by atoms with Gasteiger partial charge in [0.05, 0.1) is 0 Å². The summed E-state index contributed by atoms with van der Waals surface area (Å²) in [6, 6.07) is 0.739. The van der Waals surface area contributed by atoms with Gasteiger partial charge in [0.1, 0.15) is 0 Å². The van der Waals surface area contributed by atoms with Gasteiger partial charge in [-0.05, 0) is 39.2 Å². The van der Waals surface area contributed by atoms with E-state index < -0.39 is 0 Å². The van der Waals surface area contributed by atoms with Gasteiger partial charge in [0.15, 0.2) is 0 Å². The van der Waals surface area contributed by atoms with Crippen molar-refractivity contribution in [2.24, 2.45) is 5.92 Å². The van der Waals surface area contributed by atoms with Crippen LogP contribution in [-0.4, -0.2) is 47.6 Å². The first-order chi connectivity index (χ1) is 7.03. The monoisotopic (exact) mass is 210 g/mol. The molecule has 2 aliphatic rings. The second kappa shape index (κ2) is 4.06. The summed E-state index contributed by atoms with van der Waals surface area (Å²) in [6.45, 7) is 14.6. The summed E-state index contributed by atoms with van der Waals surface area (Å²) in [7, 11) is 0. The van der Waals surface area contributed by atoms with Crippen LogP contribution in [0.2, 0.25) is 0 Å². The highest BCUT2D eigenvalue weighted by Gasteiger charge is 2.53. The Morgan fingerprint density at radius 2 is 1.80 bits per heavy atom. The van der Waals surface area contributed by atoms with Gasteiger partial charge < -0.3 is 0 Å². The van der Waals surface area contributed by atoms with Gasteiger partial charge in [-0.3, -0.25) is 9.80 Å². The Bertz CT molecular complexity index is 217. The molecule has 0 amide bonds. The summed E-state index contributed by atoms with van der Waals surface area (Å²) >= 11 is 0. The van der Waals surface area contributed by atoms with E-state index in [2.05, 4.69) is 37.5 Å². The average molecular weight is 210 g/mol. The highest BCUT2D eigenvalue weighted by atomic mass is 15.4. The number of hydrogen-bond donors (Lipinski definition) is 0. The second-order valence-electron chi connectivity index (χ2n) is 6.14. The van der Waals surface area contributed by atoms with E-state index in [-0.39, 0.29) is 0 Å². The predicted octanol–water partition coefficient (Wildman–Crippen LogP) is 2.20. The maximum Gasteiger partial charge on any atom is 0.0475 e. The molecule has 0 saturated carbocycles. The van der Waals surface area contributed by atoms with Gasteiger partial charge >= 0.3 is 0 Å². The first kappa shape index (κ1) is 11.4. The largest absolute Gasteiger partial charge is 0.297 e. The van der Waals surface area contributed by atoms with Gasteiger partial charge in [-0.25, -0.2) is 0 Å². The van der Waals surface area contributed by atoms with Crippen molar-refractivity contribution >= 4 is 0 Å². The molecule has 0 aromatic rings. The molecular formula is C13H26N2. The molecule has 0 bridgehead atoms. The third-order valence-electron chi connectivity index (χ3n) is 4.22. The molecule has 0 unspecified atom stereocenters. The molecule has 1 spiro atoms. The zero-order chi connectivity index (χ0) is 11.1. The van der Waals surface area contributed by atoms with E-state index in [0.29, 0.717) is 5.54 Å². The van der Waals surface area contributed by atoms with Crippen LogP contribution in [0.1, 0.15) is 40.5 Å². The number of rotatable bonds is 4. The second-order valence-corrected chi connectivity index (χ2v) is 6.14. The molecule has 88 valence electrons. The molecule has 15 heavy (non-hydrogen) atoms. The minimum atomic E-state index is 0.610. The first-order valence-electron chi connectivity index (χ1n) is 6.53. The van der Waals surface area contributed by atoms with Crippen LogP contribution >= 0.6 is 0 Å². The molecule has 2 heterocycles. The van der Waals surface area contributed by atoms with E-state index in [9.17, 15) is 0 Å². The van der Waals surface area contributed by atoms with Gasteiger partial charge in [0, 0.05) is 31.2 Å². The smallest absolute Gasteiger partial charge is 0.0475 e. The molecule has 0 aliphatic carbocycles. The molecule has 2 nitrogen and oxygen atoms in total. The van der Waals surface area contributed by atoms with Gasteiger partial charge in [0.25, 0.3) is 0 Å². The molecule has 0 N–H and O–H groups in total. The minimum Gasteiger partial charge on any atom is -0.297 e. The quantitative estimate of drug-likeness (QED) is 0.702. The average Bonchev–Trinajstić information content (AvgIpc) is 1.98. The summed E-state index contributed by atoms with van der Waals surface area (Å²) in [6.07, 6.45) is 2.80.